The van der Waals surface area contributed by atoms with Crippen molar-refractivity contribution in [2.75, 3.05) is 0 Å². The monoisotopic (exact) mass is 174 g/mol. The normalized spacial score (nSPS) is 13.3. The van der Waals surface area contributed by atoms with Gasteiger partial charge < -0.3 is 5.11 Å². The van der Waals surface area contributed by atoms with Gasteiger partial charge in [0.25, 0.3) is 0 Å². The number of hydrogen-bond donors (Lipinski definition) is 3. The van der Waals surface area contributed by atoms with E-state index in [2.05, 4.69) is 19.3 Å². The molecule has 0 saturated heterocycles. The highest BCUT2D eigenvalue weighted by Gasteiger charge is 2.10. The Morgan fingerprint density at radius 3 is 2.50 bits per heavy atom. The molecule has 12 heavy (non-hydrogen) atoms. The molecule has 0 aromatic carbocycles. The number of nitrogens with one attached hydrogen (secondary N) is 1. The second kappa shape index (κ2) is 5.97. The Balaban J connectivity index is 3.60. The summed E-state index contributed by atoms with van der Waals surface area (Å²) in [4.78, 5) is 10.2. The van der Waals surface area contributed by atoms with Crippen molar-refractivity contribution < 1.29 is 9.90 Å². The molecule has 4 N–H and O–H groups in total. The van der Waals surface area contributed by atoms with E-state index in [0.717, 1.165) is 6.42 Å². The predicted octanol–water partition coefficient (Wildman–Crippen LogP) is 0.729. The molecule has 4 heteroatoms. The van der Waals surface area contributed by atoms with E-state index < -0.39 is 5.97 Å². The zero-order valence-electron chi connectivity index (χ0n) is 7.71. The van der Waals surface area contributed by atoms with Gasteiger partial charge >= 0.3 is 5.97 Å². The van der Waals surface area contributed by atoms with Crippen LogP contribution < -0.4 is 11.3 Å². The zero-order chi connectivity index (χ0) is 9.56. The van der Waals surface area contributed by atoms with Crippen LogP contribution in [0.15, 0.2) is 0 Å². The Labute approximate surface area is 73.1 Å². The predicted molar refractivity (Wildman–Crippen MR) is 47.4 cm³/mol. The van der Waals surface area contributed by atoms with Crippen LogP contribution in [-0.4, -0.2) is 17.1 Å². The highest BCUT2D eigenvalue weighted by Crippen LogP contribution is 2.08. The summed E-state index contributed by atoms with van der Waals surface area (Å²) in [6.45, 7) is 4.18. The molecule has 0 heterocycles. The van der Waals surface area contributed by atoms with E-state index in [-0.39, 0.29) is 12.5 Å². The average molecular weight is 174 g/mol. The molecular formula is C8H18N2O2. The lowest BCUT2D eigenvalue weighted by Gasteiger charge is -2.16. The van der Waals surface area contributed by atoms with E-state index >= 15 is 0 Å². The van der Waals surface area contributed by atoms with Gasteiger partial charge in [0.2, 0.25) is 0 Å². The van der Waals surface area contributed by atoms with Gasteiger partial charge in [0.15, 0.2) is 0 Å². The summed E-state index contributed by atoms with van der Waals surface area (Å²) in [6.07, 6.45) is 1.70. The standard InChI is InChI=1S/C8H18N2O2/c1-6(2)5-7(10-9)3-4-8(11)12/h6-7,10H,3-5,9H2,1-2H3,(H,11,12)/t7-/m1/s1. The third-order valence-electron chi connectivity index (χ3n) is 1.70. The molecule has 0 amide bonds. The lowest BCUT2D eigenvalue weighted by Crippen LogP contribution is -2.36. The third kappa shape index (κ3) is 6.12. The molecule has 0 aliphatic carbocycles. The Bertz CT molecular complexity index is 137. The van der Waals surface area contributed by atoms with Crippen LogP contribution in [0.4, 0.5) is 0 Å². The van der Waals surface area contributed by atoms with Crippen molar-refractivity contribution >= 4 is 5.97 Å². The summed E-state index contributed by atoms with van der Waals surface area (Å²) in [7, 11) is 0. The van der Waals surface area contributed by atoms with E-state index in [1.165, 1.54) is 0 Å². The lowest BCUT2D eigenvalue weighted by molar-refractivity contribution is -0.137. The lowest BCUT2D eigenvalue weighted by atomic mass is 10.0. The molecule has 0 aromatic rings. The molecule has 0 spiro atoms. The molecule has 0 aromatic heterocycles. The van der Waals surface area contributed by atoms with Gasteiger partial charge in [0.1, 0.15) is 0 Å². The molecule has 72 valence electrons. The molecular weight excluding hydrogens is 156 g/mol. The average Bonchev–Trinajstić information content (AvgIpc) is 1.97. The maximum absolute atomic E-state index is 10.2. The smallest absolute Gasteiger partial charge is 0.303 e. The van der Waals surface area contributed by atoms with Crippen molar-refractivity contribution in [3.05, 3.63) is 0 Å². The molecule has 0 radical (unpaired) electrons. The van der Waals surface area contributed by atoms with Crippen LogP contribution in [0.3, 0.4) is 0 Å². The Hall–Kier alpha value is -0.610. The largest absolute Gasteiger partial charge is 0.481 e. The number of carboxylic acids is 1. The van der Waals surface area contributed by atoms with Crippen LogP contribution in [0.1, 0.15) is 33.1 Å². The summed E-state index contributed by atoms with van der Waals surface area (Å²) in [6, 6.07) is 0.126. The molecule has 0 unspecified atom stereocenters. The number of rotatable bonds is 6. The highest BCUT2D eigenvalue weighted by atomic mass is 16.4. The Morgan fingerprint density at radius 2 is 2.17 bits per heavy atom. The molecule has 0 aliphatic heterocycles. The van der Waals surface area contributed by atoms with E-state index in [4.69, 9.17) is 10.9 Å². The number of carboxylic acid groups (broad SMARTS) is 1. The van der Waals surface area contributed by atoms with E-state index in [9.17, 15) is 4.79 Å². The summed E-state index contributed by atoms with van der Waals surface area (Å²) in [5.74, 6) is 5.04. The number of nitrogens with two attached hydrogens (primary N) is 1. The topological polar surface area (TPSA) is 75.3 Å². The van der Waals surface area contributed by atoms with Gasteiger partial charge in [-0.3, -0.25) is 16.1 Å². The number of aliphatic carboxylic acids is 1. The maximum atomic E-state index is 10.2. The summed E-state index contributed by atoms with van der Waals surface area (Å²) < 4.78 is 0. The van der Waals surface area contributed by atoms with Crippen molar-refractivity contribution in [1.29, 1.82) is 0 Å². The van der Waals surface area contributed by atoms with E-state index in [0.29, 0.717) is 12.3 Å². The molecule has 0 rings (SSSR count). The molecule has 0 saturated carbocycles. The maximum Gasteiger partial charge on any atom is 0.303 e. The fourth-order valence-corrected chi connectivity index (χ4v) is 1.14. The van der Waals surface area contributed by atoms with Crippen LogP contribution in [0.25, 0.3) is 0 Å². The van der Waals surface area contributed by atoms with Crippen LogP contribution in [-0.2, 0) is 4.79 Å². The SMILES string of the molecule is CC(C)C[C@@H](CCC(=O)O)NN. The van der Waals surface area contributed by atoms with Gasteiger partial charge in [-0.25, -0.2) is 0 Å². The number of hydrazine groups is 1. The van der Waals surface area contributed by atoms with Crippen LogP contribution in [0, 0.1) is 5.92 Å². The van der Waals surface area contributed by atoms with Crippen molar-refractivity contribution in [3.63, 3.8) is 0 Å². The third-order valence-corrected chi connectivity index (χ3v) is 1.70. The van der Waals surface area contributed by atoms with Crippen molar-refractivity contribution in [1.82, 2.24) is 5.43 Å². The Kier molecular flexibility index (Phi) is 5.66. The first-order valence-corrected chi connectivity index (χ1v) is 4.24. The van der Waals surface area contributed by atoms with Crippen LogP contribution >= 0.6 is 0 Å². The molecule has 4 nitrogen and oxygen atoms in total. The fraction of sp³-hybridized carbons (Fsp3) is 0.875. The fourth-order valence-electron chi connectivity index (χ4n) is 1.14. The zero-order valence-corrected chi connectivity index (χ0v) is 7.71. The molecule has 0 fully saturated rings. The summed E-state index contributed by atoms with van der Waals surface area (Å²) >= 11 is 0. The molecule has 1 atom stereocenters. The minimum atomic E-state index is -0.765. The second-order valence-electron chi connectivity index (χ2n) is 3.43. The Morgan fingerprint density at radius 1 is 1.58 bits per heavy atom. The first kappa shape index (κ1) is 11.4. The van der Waals surface area contributed by atoms with Crippen molar-refractivity contribution in [2.45, 2.75) is 39.2 Å². The van der Waals surface area contributed by atoms with E-state index in [1.807, 2.05) is 0 Å². The minimum Gasteiger partial charge on any atom is -0.481 e. The summed E-state index contributed by atoms with van der Waals surface area (Å²) in [5, 5.41) is 8.42. The van der Waals surface area contributed by atoms with Gasteiger partial charge in [-0.1, -0.05) is 13.8 Å². The molecule has 0 bridgehead atoms. The first-order chi connectivity index (χ1) is 5.56. The van der Waals surface area contributed by atoms with Gasteiger partial charge in [0.05, 0.1) is 0 Å². The van der Waals surface area contributed by atoms with Gasteiger partial charge in [-0.2, -0.15) is 0 Å². The number of carbonyl (C=O) groups is 1. The van der Waals surface area contributed by atoms with Gasteiger partial charge in [-0.15, -0.1) is 0 Å². The quantitative estimate of drug-likeness (QED) is 0.410. The minimum absolute atomic E-state index is 0.126. The van der Waals surface area contributed by atoms with Crippen LogP contribution in [0.5, 0.6) is 0 Å². The van der Waals surface area contributed by atoms with Crippen LogP contribution in [0.2, 0.25) is 0 Å². The second-order valence-corrected chi connectivity index (χ2v) is 3.43. The first-order valence-electron chi connectivity index (χ1n) is 4.24. The molecule has 0 aliphatic rings. The highest BCUT2D eigenvalue weighted by molar-refractivity contribution is 5.66. The number of hydrogen-bond acceptors (Lipinski definition) is 3. The van der Waals surface area contributed by atoms with Gasteiger partial charge in [-0.05, 0) is 18.8 Å². The van der Waals surface area contributed by atoms with E-state index in [1.54, 1.807) is 0 Å². The van der Waals surface area contributed by atoms with Gasteiger partial charge in [0, 0.05) is 12.5 Å². The summed E-state index contributed by atoms with van der Waals surface area (Å²) in [5.41, 5.74) is 2.63. The van der Waals surface area contributed by atoms with Crippen molar-refractivity contribution in [2.24, 2.45) is 11.8 Å². The van der Waals surface area contributed by atoms with Crippen molar-refractivity contribution in [3.8, 4) is 0 Å².